The van der Waals surface area contributed by atoms with E-state index in [1.165, 1.54) is 0 Å². The van der Waals surface area contributed by atoms with Crippen molar-refractivity contribution in [3.8, 4) is 5.75 Å². The summed E-state index contributed by atoms with van der Waals surface area (Å²) >= 11 is 6.08. The third-order valence-electron chi connectivity index (χ3n) is 2.43. The van der Waals surface area contributed by atoms with Gasteiger partial charge in [0.25, 0.3) is 0 Å². The molecule has 0 aliphatic rings. The molecule has 1 rings (SSSR count). The second-order valence-corrected chi connectivity index (χ2v) is 5.34. The molecule has 0 saturated carbocycles. The van der Waals surface area contributed by atoms with Crippen LogP contribution in [0.3, 0.4) is 0 Å². The molecule has 1 aromatic carbocycles. The Morgan fingerprint density at radius 1 is 1.25 bits per heavy atom. The first-order valence-corrected chi connectivity index (χ1v) is 5.86. The Labute approximate surface area is 103 Å². The lowest BCUT2D eigenvalue weighted by atomic mass is 10.0. The first-order chi connectivity index (χ1) is 7.29. The molecule has 0 unspecified atom stereocenters. The van der Waals surface area contributed by atoms with Gasteiger partial charge in [-0.05, 0) is 57.4 Å². The molecule has 2 N–H and O–H groups in total. The van der Waals surface area contributed by atoms with Gasteiger partial charge < -0.3 is 10.5 Å². The predicted octanol–water partition coefficient (Wildman–Crippen LogP) is 3.46. The fourth-order valence-electron chi connectivity index (χ4n) is 1.42. The Bertz CT molecular complexity index is 346. The van der Waals surface area contributed by atoms with Crippen LogP contribution in [0.2, 0.25) is 5.02 Å². The number of ether oxygens (including phenoxy) is 1. The van der Waals surface area contributed by atoms with E-state index < -0.39 is 0 Å². The lowest BCUT2D eigenvalue weighted by Crippen LogP contribution is -2.33. The lowest BCUT2D eigenvalue weighted by molar-refractivity contribution is 0.274. The molecule has 3 heteroatoms. The molecule has 0 spiro atoms. The van der Waals surface area contributed by atoms with E-state index in [2.05, 4.69) is 0 Å². The van der Waals surface area contributed by atoms with E-state index in [1.54, 1.807) is 0 Å². The van der Waals surface area contributed by atoms with Gasteiger partial charge in [-0.1, -0.05) is 11.6 Å². The summed E-state index contributed by atoms with van der Waals surface area (Å²) in [5.74, 6) is 0.864. The monoisotopic (exact) mass is 241 g/mol. The summed E-state index contributed by atoms with van der Waals surface area (Å²) in [6.45, 7) is 8.58. The van der Waals surface area contributed by atoms with Crippen molar-refractivity contribution in [2.45, 2.75) is 39.7 Å². The maximum Gasteiger partial charge on any atom is 0.119 e. The number of halogens is 1. The number of hydrogen-bond donors (Lipinski definition) is 1. The van der Waals surface area contributed by atoms with Crippen LogP contribution in [-0.4, -0.2) is 12.1 Å². The molecular weight excluding hydrogens is 222 g/mol. The molecule has 0 heterocycles. The minimum absolute atomic E-state index is 0.184. The molecule has 0 aliphatic heterocycles. The summed E-state index contributed by atoms with van der Waals surface area (Å²) < 4.78 is 5.66. The zero-order valence-corrected chi connectivity index (χ0v) is 11.2. The largest absolute Gasteiger partial charge is 0.494 e. The van der Waals surface area contributed by atoms with Crippen LogP contribution in [0, 0.1) is 13.8 Å². The van der Waals surface area contributed by atoms with Gasteiger partial charge in [-0.3, -0.25) is 0 Å². The molecule has 0 atom stereocenters. The summed E-state index contributed by atoms with van der Waals surface area (Å²) in [7, 11) is 0. The Morgan fingerprint density at radius 2 is 1.75 bits per heavy atom. The smallest absolute Gasteiger partial charge is 0.119 e. The minimum Gasteiger partial charge on any atom is -0.494 e. The molecule has 0 amide bonds. The summed E-state index contributed by atoms with van der Waals surface area (Å²) in [4.78, 5) is 0. The third-order valence-corrected chi connectivity index (χ3v) is 3.02. The van der Waals surface area contributed by atoms with Crippen LogP contribution in [-0.2, 0) is 0 Å². The summed E-state index contributed by atoms with van der Waals surface area (Å²) in [5, 5.41) is 0.812. The molecule has 90 valence electrons. The quantitative estimate of drug-likeness (QED) is 0.876. The van der Waals surface area contributed by atoms with Crippen molar-refractivity contribution in [2.75, 3.05) is 6.61 Å². The van der Waals surface area contributed by atoms with Crippen LogP contribution < -0.4 is 10.5 Å². The van der Waals surface area contributed by atoms with Gasteiger partial charge in [0.05, 0.1) is 6.61 Å². The predicted molar refractivity (Wildman–Crippen MR) is 69.3 cm³/mol. The molecule has 0 bridgehead atoms. The number of benzene rings is 1. The van der Waals surface area contributed by atoms with Crippen molar-refractivity contribution < 1.29 is 4.74 Å². The summed E-state index contributed by atoms with van der Waals surface area (Å²) in [6.07, 6.45) is 0.827. The minimum atomic E-state index is -0.184. The first-order valence-electron chi connectivity index (χ1n) is 5.48. The van der Waals surface area contributed by atoms with Gasteiger partial charge >= 0.3 is 0 Å². The van der Waals surface area contributed by atoms with E-state index in [9.17, 15) is 0 Å². The summed E-state index contributed by atoms with van der Waals surface area (Å²) in [6, 6.07) is 3.91. The highest BCUT2D eigenvalue weighted by Crippen LogP contribution is 2.26. The highest BCUT2D eigenvalue weighted by atomic mass is 35.5. The molecule has 16 heavy (non-hydrogen) atoms. The number of aryl methyl sites for hydroxylation is 2. The Morgan fingerprint density at radius 3 is 2.19 bits per heavy atom. The van der Waals surface area contributed by atoms with Gasteiger partial charge in [-0.2, -0.15) is 0 Å². The van der Waals surface area contributed by atoms with E-state index >= 15 is 0 Å². The van der Waals surface area contributed by atoms with Crippen molar-refractivity contribution in [3.05, 3.63) is 28.3 Å². The lowest BCUT2D eigenvalue weighted by Gasteiger charge is -2.18. The number of hydrogen-bond acceptors (Lipinski definition) is 2. The van der Waals surface area contributed by atoms with Crippen LogP contribution in [0.15, 0.2) is 12.1 Å². The van der Waals surface area contributed by atoms with Crippen molar-refractivity contribution >= 4 is 11.6 Å². The van der Waals surface area contributed by atoms with Gasteiger partial charge in [0.15, 0.2) is 0 Å². The fraction of sp³-hybridized carbons (Fsp3) is 0.538. The Hall–Kier alpha value is -0.730. The van der Waals surface area contributed by atoms with E-state index in [1.807, 2.05) is 39.8 Å². The zero-order chi connectivity index (χ0) is 12.3. The SMILES string of the molecule is Cc1cc(OCCC(C)(C)N)cc(C)c1Cl. The van der Waals surface area contributed by atoms with Crippen molar-refractivity contribution in [3.63, 3.8) is 0 Å². The molecular formula is C13H20ClNO. The van der Waals surface area contributed by atoms with E-state index in [4.69, 9.17) is 22.1 Å². The third kappa shape index (κ3) is 4.03. The Balaban J connectivity index is 2.62. The van der Waals surface area contributed by atoms with Crippen LogP contribution >= 0.6 is 11.6 Å². The van der Waals surface area contributed by atoms with Gasteiger partial charge in [0, 0.05) is 10.6 Å². The second kappa shape index (κ2) is 5.07. The molecule has 1 aromatic rings. The average Bonchev–Trinajstić information content (AvgIpc) is 2.12. The van der Waals surface area contributed by atoms with Crippen LogP contribution in [0.1, 0.15) is 31.4 Å². The maximum absolute atomic E-state index is 6.08. The van der Waals surface area contributed by atoms with Crippen LogP contribution in [0.4, 0.5) is 0 Å². The van der Waals surface area contributed by atoms with Crippen LogP contribution in [0.5, 0.6) is 5.75 Å². The highest BCUT2D eigenvalue weighted by molar-refractivity contribution is 6.32. The van der Waals surface area contributed by atoms with Gasteiger partial charge in [-0.25, -0.2) is 0 Å². The van der Waals surface area contributed by atoms with Gasteiger partial charge in [0.2, 0.25) is 0 Å². The fourth-order valence-corrected chi connectivity index (χ4v) is 1.53. The standard InChI is InChI=1S/C13H20ClNO/c1-9-7-11(8-10(2)12(9)14)16-6-5-13(3,4)15/h7-8H,5-6,15H2,1-4H3. The molecule has 0 saturated heterocycles. The van der Waals surface area contributed by atoms with Gasteiger partial charge in [-0.15, -0.1) is 0 Å². The van der Waals surface area contributed by atoms with Crippen molar-refractivity contribution in [2.24, 2.45) is 5.73 Å². The maximum atomic E-state index is 6.08. The average molecular weight is 242 g/mol. The second-order valence-electron chi connectivity index (χ2n) is 4.96. The number of nitrogens with two attached hydrogens (primary N) is 1. The molecule has 0 radical (unpaired) electrons. The number of rotatable bonds is 4. The van der Waals surface area contributed by atoms with E-state index in [0.29, 0.717) is 6.61 Å². The van der Waals surface area contributed by atoms with E-state index in [0.717, 1.165) is 28.3 Å². The Kier molecular flexibility index (Phi) is 4.22. The normalized spacial score (nSPS) is 11.6. The van der Waals surface area contributed by atoms with Crippen LogP contribution in [0.25, 0.3) is 0 Å². The molecule has 0 aliphatic carbocycles. The van der Waals surface area contributed by atoms with E-state index in [-0.39, 0.29) is 5.54 Å². The zero-order valence-electron chi connectivity index (χ0n) is 10.4. The topological polar surface area (TPSA) is 35.2 Å². The molecule has 0 fully saturated rings. The van der Waals surface area contributed by atoms with Crippen molar-refractivity contribution in [1.29, 1.82) is 0 Å². The highest BCUT2D eigenvalue weighted by Gasteiger charge is 2.10. The van der Waals surface area contributed by atoms with Gasteiger partial charge in [0.1, 0.15) is 5.75 Å². The summed E-state index contributed by atoms with van der Waals surface area (Å²) in [5.41, 5.74) is 7.79. The molecule has 0 aromatic heterocycles. The molecule has 2 nitrogen and oxygen atoms in total. The van der Waals surface area contributed by atoms with Crippen molar-refractivity contribution in [1.82, 2.24) is 0 Å². The first kappa shape index (κ1) is 13.3.